The molecular weight excluding hydrogens is 254 g/mol. The van der Waals surface area contributed by atoms with Gasteiger partial charge in [0.1, 0.15) is 5.01 Å². The van der Waals surface area contributed by atoms with Crippen LogP contribution in [0.15, 0.2) is 29.6 Å². The van der Waals surface area contributed by atoms with Gasteiger partial charge in [-0.2, -0.15) is 0 Å². The van der Waals surface area contributed by atoms with Gasteiger partial charge in [0.05, 0.1) is 12.2 Å². The molecule has 0 fully saturated rings. The Labute approximate surface area is 118 Å². The second-order valence-electron chi connectivity index (χ2n) is 5.08. The molecule has 1 aliphatic heterocycles. The number of hydrogen-bond acceptors (Lipinski definition) is 4. The molecule has 0 saturated heterocycles. The van der Waals surface area contributed by atoms with E-state index in [0.717, 1.165) is 17.2 Å². The van der Waals surface area contributed by atoms with Crippen molar-refractivity contribution in [3.05, 3.63) is 45.9 Å². The molecular formula is C15H19N3S. The van der Waals surface area contributed by atoms with Gasteiger partial charge in [-0.05, 0) is 31.4 Å². The lowest BCUT2D eigenvalue weighted by molar-refractivity contribution is 0.557. The van der Waals surface area contributed by atoms with E-state index in [9.17, 15) is 0 Å². The second-order valence-corrected chi connectivity index (χ2v) is 6.02. The van der Waals surface area contributed by atoms with E-state index >= 15 is 0 Å². The Morgan fingerprint density at radius 1 is 1.42 bits per heavy atom. The van der Waals surface area contributed by atoms with Gasteiger partial charge in [0.15, 0.2) is 0 Å². The van der Waals surface area contributed by atoms with Gasteiger partial charge in [-0.1, -0.05) is 18.2 Å². The van der Waals surface area contributed by atoms with E-state index in [1.807, 2.05) is 0 Å². The summed E-state index contributed by atoms with van der Waals surface area (Å²) in [6, 6.07) is 9.28. The first-order chi connectivity index (χ1) is 9.28. The van der Waals surface area contributed by atoms with Crippen LogP contribution in [0.1, 0.15) is 29.6 Å². The Balaban J connectivity index is 1.87. The van der Waals surface area contributed by atoms with E-state index in [4.69, 9.17) is 5.73 Å². The Morgan fingerprint density at radius 3 is 3.05 bits per heavy atom. The van der Waals surface area contributed by atoms with Gasteiger partial charge in [0, 0.05) is 23.7 Å². The highest BCUT2D eigenvalue weighted by atomic mass is 32.1. The summed E-state index contributed by atoms with van der Waals surface area (Å²) in [7, 11) is 0. The molecule has 1 aromatic carbocycles. The highest BCUT2D eigenvalue weighted by molar-refractivity contribution is 7.09. The standard InChI is InChI=1S/C15H19N3S/c1-11-6-7-12-4-2-3-5-14(12)18(11)9-13-10-19-15(8-16)17-13/h2-5,10-11H,6-9,16H2,1H3. The molecule has 0 amide bonds. The van der Waals surface area contributed by atoms with Crippen molar-refractivity contribution < 1.29 is 0 Å². The van der Waals surface area contributed by atoms with Gasteiger partial charge >= 0.3 is 0 Å². The maximum Gasteiger partial charge on any atom is 0.107 e. The fourth-order valence-electron chi connectivity index (χ4n) is 2.69. The fourth-order valence-corrected chi connectivity index (χ4v) is 3.36. The molecule has 1 aromatic heterocycles. The first-order valence-corrected chi connectivity index (χ1v) is 7.64. The lowest BCUT2D eigenvalue weighted by Gasteiger charge is -2.36. The monoisotopic (exact) mass is 273 g/mol. The highest BCUT2D eigenvalue weighted by Crippen LogP contribution is 2.31. The molecule has 0 aliphatic carbocycles. The van der Waals surface area contributed by atoms with E-state index in [-0.39, 0.29) is 0 Å². The zero-order valence-corrected chi connectivity index (χ0v) is 12.0. The number of nitrogens with zero attached hydrogens (tertiary/aromatic N) is 2. The second kappa shape index (κ2) is 5.31. The Kier molecular flexibility index (Phi) is 3.53. The molecule has 100 valence electrons. The topological polar surface area (TPSA) is 42.1 Å². The largest absolute Gasteiger partial charge is 0.363 e. The molecule has 2 N–H and O–H groups in total. The van der Waals surface area contributed by atoms with Gasteiger partial charge < -0.3 is 10.6 Å². The average Bonchev–Trinajstić information content (AvgIpc) is 2.90. The summed E-state index contributed by atoms with van der Waals surface area (Å²) in [6.07, 6.45) is 2.39. The van der Waals surface area contributed by atoms with Crippen molar-refractivity contribution in [2.24, 2.45) is 5.73 Å². The van der Waals surface area contributed by atoms with Crippen molar-refractivity contribution in [3.63, 3.8) is 0 Å². The number of thiazole rings is 1. The number of anilines is 1. The van der Waals surface area contributed by atoms with E-state index in [0.29, 0.717) is 12.6 Å². The van der Waals surface area contributed by atoms with Crippen LogP contribution in [-0.2, 0) is 19.5 Å². The highest BCUT2D eigenvalue weighted by Gasteiger charge is 2.23. The molecule has 4 heteroatoms. The molecule has 0 spiro atoms. The quantitative estimate of drug-likeness (QED) is 0.935. The summed E-state index contributed by atoms with van der Waals surface area (Å²) in [5, 5.41) is 3.15. The Hall–Kier alpha value is -1.39. The molecule has 19 heavy (non-hydrogen) atoms. The number of fused-ring (bicyclic) bond motifs is 1. The summed E-state index contributed by atoms with van der Waals surface area (Å²) in [5.74, 6) is 0. The van der Waals surface area contributed by atoms with Crippen LogP contribution in [0.25, 0.3) is 0 Å². The van der Waals surface area contributed by atoms with Crippen LogP contribution < -0.4 is 10.6 Å². The molecule has 1 unspecified atom stereocenters. The van der Waals surface area contributed by atoms with Gasteiger partial charge in [0.25, 0.3) is 0 Å². The Morgan fingerprint density at radius 2 is 2.26 bits per heavy atom. The lowest BCUT2D eigenvalue weighted by atomic mass is 9.96. The molecule has 2 heterocycles. The van der Waals surface area contributed by atoms with Crippen molar-refractivity contribution in [1.29, 1.82) is 0 Å². The van der Waals surface area contributed by atoms with Crippen LogP contribution >= 0.6 is 11.3 Å². The molecule has 2 aromatic rings. The van der Waals surface area contributed by atoms with Crippen molar-refractivity contribution in [2.45, 2.75) is 38.9 Å². The number of para-hydroxylation sites is 1. The summed E-state index contributed by atoms with van der Waals surface area (Å²) < 4.78 is 0. The third-order valence-electron chi connectivity index (χ3n) is 3.77. The summed E-state index contributed by atoms with van der Waals surface area (Å²) in [5.41, 5.74) is 9.59. The Bertz CT molecular complexity index is 564. The van der Waals surface area contributed by atoms with E-state index in [2.05, 4.69) is 46.5 Å². The van der Waals surface area contributed by atoms with Gasteiger partial charge in [-0.25, -0.2) is 4.98 Å². The van der Waals surface area contributed by atoms with Crippen molar-refractivity contribution in [1.82, 2.24) is 4.98 Å². The summed E-state index contributed by atoms with van der Waals surface area (Å²) in [6.45, 7) is 3.72. The molecule has 1 aliphatic rings. The average molecular weight is 273 g/mol. The SMILES string of the molecule is CC1CCc2ccccc2N1Cc1csc(CN)n1. The number of aryl methyl sites for hydroxylation is 1. The molecule has 0 saturated carbocycles. The first-order valence-electron chi connectivity index (χ1n) is 6.76. The maximum absolute atomic E-state index is 5.63. The predicted octanol–water partition coefficient (Wildman–Crippen LogP) is 2.94. The summed E-state index contributed by atoms with van der Waals surface area (Å²) >= 11 is 1.66. The predicted molar refractivity (Wildman–Crippen MR) is 80.4 cm³/mol. The van der Waals surface area contributed by atoms with Crippen LogP contribution in [0.4, 0.5) is 5.69 Å². The van der Waals surface area contributed by atoms with Gasteiger partial charge in [-0.15, -0.1) is 11.3 Å². The van der Waals surface area contributed by atoms with E-state index in [1.165, 1.54) is 24.1 Å². The first kappa shape index (κ1) is 12.6. The minimum atomic E-state index is 0.538. The van der Waals surface area contributed by atoms with Gasteiger partial charge in [0.2, 0.25) is 0 Å². The van der Waals surface area contributed by atoms with Crippen LogP contribution in [-0.4, -0.2) is 11.0 Å². The normalized spacial score (nSPS) is 18.4. The van der Waals surface area contributed by atoms with E-state index in [1.54, 1.807) is 11.3 Å². The van der Waals surface area contributed by atoms with Crippen molar-refractivity contribution in [2.75, 3.05) is 4.90 Å². The van der Waals surface area contributed by atoms with Crippen LogP contribution in [0.5, 0.6) is 0 Å². The summed E-state index contributed by atoms with van der Waals surface area (Å²) in [4.78, 5) is 7.05. The smallest absolute Gasteiger partial charge is 0.107 e. The molecule has 3 rings (SSSR count). The minimum absolute atomic E-state index is 0.538. The zero-order valence-electron chi connectivity index (χ0n) is 11.2. The van der Waals surface area contributed by atoms with Gasteiger partial charge in [-0.3, -0.25) is 0 Å². The number of hydrogen-bond donors (Lipinski definition) is 1. The van der Waals surface area contributed by atoms with Crippen molar-refractivity contribution >= 4 is 17.0 Å². The maximum atomic E-state index is 5.63. The van der Waals surface area contributed by atoms with E-state index < -0.39 is 0 Å². The molecule has 3 nitrogen and oxygen atoms in total. The number of nitrogens with two attached hydrogens (primary N) is 1. The van der Waals surface area contributed by atoms with Crippen LogP contribution in [0, 0.1) is 0 Å². The molecule has 1 atom stereocenters. The van der Waals surface area contributed by atoms with Crippen LogP contribution in [0.3, 0.4) is 0 Å². The molecule has 0 bridgehead atoms. The van der Waals surface area contributed by atoms with Crippen LogP contribution in [0.2, 0.25) is 0 Å². The van der Waals surface area contributed by atoms with Crippen molar-refractivity contribution in [3.8, 4) is 0 Å². The fraction of sp³-hybridized carbons (Fsp3) is 0.400. The minimum Gasteiger partial charge on any atom is -0.363 e. The zero-order chi connectivity index (χ0) is 13.2. The third-order valence-corrected chi connectivity index (χ3v) is 4.69. The number of benzene rings is 1. The third kappa shape index (κ3) is 2.51. The number of rotatable bonds is 3. The number of aromatic nitrogens is 1. The molecule has 0 radical (unpaired) electrons. The lowest BCUT2D eigenvalue weighted by Crippen LogP contribution is -2.36.